The van der Waals surface area contributed by atoms with Crippen molar-refractivity contribution in [3.8, 4) is 0 Å². The summed E-state index contributed by atoms with van der Waals surface area (Å²) >= 11 is 6.15. The van der Waals surface area contributed by atoms with E-state index in [0.717, 1.165) is 53.3 Å². The Hall–Kier alpha value is -2.38. The number of aromatic nitrogens is 4. The summed E-state index contributed by atoms with van der Waals surface area (Å²) in [7, 11) is 0. The van der Waals surface area contributed by atoms with Crippen LogP contribution in [0.1, 0.15) is 63.0 Å². The average molecular weight is 440 g/mol. The summed E-state index contributed by atoms with van der Waals surface area (Å²) in [5.74, 6) is 1.43. The van der Waals surface area contributed by atoms with E-state index >= 15 is 0 Å². The SMILES string of the molecule is N[C@H]1CC[C@H](Nc2nc(NCc3cccc(Cl)c3)c3ncn(C4CCCC4)c3n2)CC1. The first-order valence-electron chi connectivity index (χ1n) is 11.4. The molecule has 2 heterocycles. The summed E-state index contributed by atoms with van der Waals surface area (Å²) in [6.45, 7) is 0.626. The van der Waals surface area contributed by atoms with Crippen molar-refractivity contribution >= 4 is 34.5 Å². The fourth-order valence-corrected chi connectivity index (χ4v) is 5.05. The van der Waals surface area contributed by atoms with Crippen molar-refractivity contribution in [2.45, 2.75) is 76.0 Å². The number of hydrogen-bond donors (Lipinski definition) is 3. The molecular formula is C23H30ClN7. The van der Waals surface area contributed by atoms with Gasteiger partial charge < -0.3 is 20.9 Å². The number of halogens is 1. The van der Waals surface area contributed by atoms with Crippen molar-refractivity contribution in [2.24, 2.45) is 5.73 Å². The van der Waals surface area contributed by atoms with Crippen molar-refractivity contribution in [2.75, 3.05) is 10.6 Å². The van der Waals surface area contributed by atoms with Crippen molar-refractivity contribution in [1.29, 1.82) is 0 Å². The molecule has 0 amide bonds. The average Bonchev–Trinajstić information content (AvgIpc) is 3.43. The molecule has 2 aliphatic rings. The molecule has 2 fully saturated rings. The number of nitrogens with one attached hydrogen (secondary N) is 2. The van der Waals surface area contributed by atoms with Gasteiger partial charge >= 0.3 is 0 Å². The maximum absolute atomic E-state index is 6.15. The molecule has 7 nitrogen and oxygen atoms in total. The maximum atomic E-state index is 6.15. The Morgan fingerprint density at radius 3 is 2.65 bits per heavy atom. The highest BCUT2D eigenvalue weighted by Gasteiger charge is 2.23. The predicted octanol–water partition coefficient (Wildman–Crippen LogP) is 4.89. The Balaban J connectivity index is 1.45. The largest absolute Gasteiger partial charge is 0.364 e. The van der Waals surface area contributed by atoms with Crippen LogP contribution >= 0.6 is 11.6 Å². The minimum absolute atomic E-state index is 0.320. The highest BCUT2D eigenvalue weighted by Crippen LogP contribution is 2.33. The quantitative estimate of drug-likeness (QED) is 0.506. The number of benzene rings is 1. The molecule has 2 saturated carbocycles. The van der Waals surface area contributed by atoms with Crippen LogP contribution in [0.3, 0.4) is 0 Å². The number of nitrogens with two attached hydrogens (primary N) is 1. The van der Waals surface area contributed by atoms with Gasteiger partial charge in [0.15, 0.2) is 17.0 Å². The Kier molecular flexibility index (Phi) is 5.96. The maximum Gasteiger partial charge on any atom is 0.227 e. The van der Waals surface area contributed by atoms with E-state index in [1.165, 1.54) is 25.7 Å². The summed E-state index contributed by atoms with van der Waals surface area (Å²) in [5.41, 5.74) is 8.91. The van der Waals surface area contributed by atoms with Gasteiger partial charge in [0, 0.05) is 29.7 Å². The number of hydrogen-bond acceptors (Lipinski definition) is 6. The molecule has 0 unspecified atom stereocenters. The van der Waals surface area contributed by atoms with Crippen molar-refractivity contribution < 1.29 is 0 Å². The van der Waals surface area contributed by atoms with Gasteiger partial charge in [-0.1, -0.05) is 36.6 Å². The zero-order chi connectivity index (χ0) is 21.2. The first kappa shape index (κ1) is 20.5. The molecular weight excluding hydrogens is 410 g/mol. The van der Waals surface area contributed by atoms with E-state index in [1.807, 2.05) is 24.5 Å². The lowest BCUT2D eigenvalue weighted by molar-refractivity contribution is 0.410. The van der Waals surface area contributed by atoms with Crippen LogP contribution in [0.15, 0.2) is 30.6 Å². The van der Waals surface area contributed by atoms with E-state index in [-0.39, 0.29) is 0 Å². The van der Waals surface area contributed by atoms with Crippen LogP contribution in [0.5, 0.6) is 0 Å². The molecule has 0 bridgehead atoms. The van der Waals surface area contributed by atoms with Gasteiger partial charge in [0.1, 0.15) is 0 Å². The number of nitrogens with zero attached hydrogens (tertiary/aromatic N) is 4. The number of imidazole rings is 1. The van der Waals surface area contributed by atoms with Crippen LogP contribution in [0.2, 0.25) is 5.02 Å². The monoisotopic (exact) mass is 439 g/mol. The summed E-state index contributed by atoms with van der Waals surface area (Å²) in [4.78, 5) is 14.4. The third-order valence-electron chi connectivity index (χ3n) is 6.59. The summed E-state index contributed by atoms with van der Waals surface area (Å²) in [5, 5.41) is 7.77. The molecule has 164 valence electrons. The highest BCUT2D eigenvalue weighted by atomic mass is 35.5. The van der Waals surface area contributed by atoms with Crippen LogP contribution in [0.4, 0.5) is 11.8 Å². The van der Waals surface area contributed by atoms with E-state index in [1.54, 1.807) is 0 Å². The molecule has 8 heteroatoms. The molecule has 0 radical (unpaired) electrons. The molecule has 1 aromatic carbocycles. The standard InChI is InChI=1S/C23H30ClN7/c24-16-5-3-4-15(12-16)13-26-21-20-22(31(14-27-20)19-6-1-2-7-19)30-23(29-21)28-18-10-8-17(25)9-11-18/h3-5,12,14,17-19H,1-2,6-11,13,25H2,(H2,26,28,29,30)/t17-,18-. The molecule has 0 aliphatic heterocycles. The van der Waals surface area contributed by atoms with Gasteiger partial charge in [-0.05, 0) is 56.2 Å². The second kappa shape index (κ2) is 9.01. The third-order valence-corrected chi connectivity index (χ3v) is 6.83. The molecule has 0 spiro atoms. The van der Waals surface area contributed by atoms with Crippen LogP contribution < -0.4 is 16.4 Å². The van der Waals surface area contributed by atoms with Crippen molar-refractivity contribution in [3.63, 3.8) is 0 Å². The first-order valence-corrected chi connectivity index (χ1v) is 11.8. The number of anilines is 2. The molecule has 3 aromatic rings. The normalized spacial score (nSPS) is 22.1. The molecule has 31 heavy (non-hydrogen) atoms. The first-order chi connectivity index (χ1) is 15.2. The van der Waals surface area contributed by atoms with E-state index in [2.05, 4.69) is 21.3 Å². The number of rotatable bonds is 6. The lowest BCUT2D eigenvalue weighted by Gasteiger charge is -2.27. The van der Waals surface area contributed by atoms with Gasteiger partial charge in [-0.3, -0.25) is 0 Å². The predicted molar refractivity (Wildman–Crippen MR) is 125 cm³/mol. The minimum Gasteiger partial charge on any atom is -0.364 e. The van der Waals surface area contributed by atoms with E-state index in [9.17, 15) is 0 Å². The fraction of sp³-hybridized carbons (Fsp3) is 0.522. The minimum atomic E-state index is 0.320. The molecule has 0 saturated heterocycles. The van der Waals surface area contributed by atoms with Gasteiger partial charge in [-0.2, -0.15) is 9.97 Å². The molecule has 5 rings (SSSR count). The van der Waals surface area contributed by atoms with E-state index in [0.29, 0.717) is 30.6 Å². The lowest BCUT2D eigenvalue weighted by atomic mass is 9.92. The van der Waals surface area contributed by atoms with Crippen LogP contribution in [-0.2, 0) is 6.54 Å². The Labute approximate surface area is 187 Å². The van der Waals surface area contributed by atoms with Gasteiger partial charge in [0.25, 0.3) is 0 Å². The second-order valence-corrected chi connectivity index (χ2v) is 9.33. The zero-order valence-electron chi connectivity index (χ0n) is 17.7. The summed E-state index contributed by atoms with van der Waals surface area (Å²) in [6, 6.07) is 9.02. The van der Waals surface area contributed by atoms with Gasteiger partial charge in [-0.15, -0.1) is 0 Å². The number of fused-ring (bicyclic) bond motifs is 1. The van der Waals surface area contributed by atoms with Crippen LogP contribution in [-0.4, -0.2) is 31.6 Å². The molecule has 2 aromatic heterocycles. The van der Waals surface area contributed by atoms with E-state index in [4.69, 9.17) is 32.3 Å². The Morgan fingerprint density at radius 2 is 1.87 bits per heavy atom. The topological polar surface area (TPSA) is 93.7 Å². The van der Waals surface area contributed by atoms with Gasteiger partial charge in [-0.25, -0.2) is 4.98 Å². The zero-order valence-corrected chi connectivity index (χ0v) is 18.5. The van der Waals surface area contributed by atoms with Crippen molar-refractivity contribution in [1.82, 2.24) is 19.5 Å². The fourth-order valence-electron chi connectivity index (χ4n) is 4.83. The van der Waals surface area contributed by atoms with Crippen LogP contribution in [0, 0.1) is 0 Å². The summed E-state index contributed by atoms with van der Waals surface area (Å²) < 4.78 is 2.25. The smallest absolute Gasteiger partial charge is 0.227 e. The lowest BCUT2D eigenvalue weighted by Crippen LogP contribution is -2.33. The summed E-state index contributed by atoms with van der Waals surface area (Å²) in [6.07, 6.45) is 11.0. The molecule has 4 N–H and O–H groups in total. The molecule has 2 aliphatic carbocycles. The Morgan fingerprint density at radius 1 is 1.06 bits per heavy atom. The second-order valence-electron chi connectivity index (χ2n) is 8.90. The van der Waals surface area contributed by atoms with Crippen LogP contribution in [0.25, 0.3) is 11.2 Å². The van der Waals surface area contributed by atoms with E-state index < -0.39 is 0 Å². The Bertz CT molecular complexity index is 1040. The third kappa shape index (κ3) is 4.62. The van der Waals surface area contributed by atoms with Crippen molar-refractivity contribution in [3.05, 3.63) is 41.2 Å². The van der Waals surface area contributed by atoms with Gasteiger partial charge in [0.05, 0.1) is 6.33 Å². The highest BCUT2D eigenvalue weighted by molar-refractivity contribution is 6.30. The molecule has 0 atom stereocenters. The van der Waals surface area contributed by atoms with Gasteiger partial charge in [0.2, 0.25) is 5.95 Å².